The van der Waals surface area contributed by atoms with Gasteiger partial charge in [-0.15, -0.1) is 0 Å². The highest BCUT2D eigenvalue weighted by Crippen LogP contribution is 2.21. The molecule has 3 nitrogen and oxygen atoms in total. The molecule has 4 heteroatoms. The lowest BCUT2D eigenvalue weighted by Crippen LogP contribution is -2.18. The van der Waals surface area contributed by atoms with E-state index in [0.29, 0.717) is 0 Å². The van der Waals surface area contributed by atoms with Crippen molar-refractivity contribution in [2.24, 2.45) is 0 Å². The van der Waals surface area contributed by atoms with E-state index in [1.165, 1.54) is 0 Å². The number of nitrogens with zero attached hydrogens (tertiary/aromatic N) is 1. The van der Waals surface area contributed by atoms with Crippen molar-refractivity contribution in [2.45, 2.75) is 6.04 Å². The van der Waals surface area contributed by atoms with Gasteiger partial charge in [0.1, 0.15) is 5.82 Å². The van der Waals surface area contributed by atoms with Crippen molar-refractivity contribution in [1.82, 2.24) is 15.3 Å². The van der Waals surface area contributed by atoms with Crippen LogP contribution in [0.2, 0.25) is 5.02 Å². The van der Waals surface area contributed by atoms with Crippen molar-refractivity contribution in [3.8, 4) is 0 Å². The van der Waals surface area contributed by atoms with Crippen LogP contribution >= 0.6 is 11.6 Å². The maximum atomic E-state index is 5.95. The Labute approximate surface area is 93.5 Å². The molecule has 0 saturated carbocycles. The maximum absolute atomic E-state index is 5.95. The predicted octanol–water partition coefficient (Wildman–Crippen LogP) is 2.37. The summed E-state index contributed by atoms with van der Waals surface area (Å²) in [6.45, 7) is 0. The second-order valence-corrected chi connectivity index (χ2v) is 3.69. The first-order valence-electron chi connectivity index (χ1n) is 4.73. The van der Waals surface area contributed by atoms with E-state index in [9.17, 15) is 0 Å². The number of aromatic amines is 1. The van der Waals surface area contributed by atoms with E-state index in [1.54, 1.807) is 6.20 Å². The van der Waals surface area contributed by atoms with Crippen molar-refractivity contribution in [1.29, 1.82) is 0 Å². The standard InChI is InChI=1S/C11H12ClN3/c1-13-10(11-14-5-6-15-11)8-3-2-4-9(12)7-8/h2-7,10,13H,1H3,(H,14,15). The fourth-order valence-electron chi connectivity index (χ4n) is 1.58. The summed E-state index contributed by atoms with van der Waals surface area (Å²) in [4.78, 5) is 7.32. The molecule has 0 spiro atoms. The van der Waals surface area contributed by atoms with Crippen LogP contribution in [-0.4, -0.2) is 17.0 Å². The quantitative estimate of drug-likeness (QED) is 0.836. The largest absolute Gasteiger partial charge is 0.347 e. The fourth-order valence-corrected chi connectivity index (χ4v) is 1.78. The van der Waals surface area contributed by atoms with Crippen LogP contribution in [0.1, 0.15) is 17.4 Å². The number of imidazole rings is 1. The van der Waals surface area contributed by atoms with Gasteiger partial charge in [-0.1, -0.05) is 23.7 Å². The molecule has 0 amide bonds. The molecule has 1 aromatic heterocycles. The summed E-state index contributed by atoms with van der Waals surface area (Å²) in [6.07, 6.45) is 3.55. The summed E-state index contributed by atoms with van der Waals surface area (Å²) < 4.78 is 0. The highest BCUT2D eigenvalue weighted by molar-refractivity contribution is 6.30. The molecule has 1 atom stereocenters. The predicted molar refractivity (Wildman–Crippen MR) is 60.9 cm³/mol. The maximum Gasteiger partial charge on any atom is 0.127 e. The molecule has 2 N–H and O–H groups in total. The molecule has 15 heavy (non-hydrogen) atoms. The number of aromatic nitrogens is 2. The summed E-state index contributed by atoms with van der Waals surface area (Å²) in [5, 5.41) is 3.93. The number of benzene rings is 1. The van der Waals surface area contributed by atoms with Gasteiger partial charge in [0, 0.05) is 17.4 Å². The van der Waals surface area contributed by atoms with Crippen LogP contribution in [-0.2, 0) is 0 Å². The van der Waals surface area contributed by atoms with Crippen molar-refractivity contribution in [2.75, 3.05) is 7.05 Å². The Bertz CT molecular complexity index is 425. The van der Waals surface area contributed by atoms with E-state index in [1.807, 2.05) is 37.5 Å². The van der Waals surface area contributed by atoms with Gasteiger partial charge in [0.2, 0.25) is 0 Å². The molecular weight excluding hydrogens is 210 g/mol. The zero-order valence-corrected chi connectivity index (χ0v) is 9.12. The molecule has 0 radical (unpaired) electrons. The molecule has 1 aromatic carbocycles. The average molecular weight is 222 g/mol. The number of halogens is 1. The monoisotopic (exact) mass is 221 g/mol. The first-order chi connectivity index (χ1) is 7.31. The first kappa shape index (κ1) is 10.2. The zero-order chi connectivity index (χ0) is 10.7. The first-order valence-corrected chi connectivity index (χ1v) is 5.11. The minimum absolute atomic E-state index is 0.0544. The van der Waals surface area contributed by atoms with Crippen LogP contribution < -0.4 is 5.32 Å². The molecular formula is C11H12ClN3. The molecule has 0 aliphatic heterocycles. The number of hydrogen-bond donors (Lipinski definition) is 2. The van der Waals surface area contributed by atoms with Crippen molar-refractivity contribution in [3.05, 3.63) is 53.1 Å². The number of nitrogens with one attached hydrogen (secondary N) is 2. The Kier molecular flexibility index (Phi) is 3.04. The van der Waals surface area contributed by atoms with Gasteiger partial charge in [0.05, 0.1) is 6.04 Å². The van der Waals surface area contributed by atoms with E-state index in [0.717, 1.165) is 16.4 Å². The number of hydrogen-bond acceptors (Lipinski definition) is 2. The van der Waals surface area contributed by atoms with Crippen molar-refractivity contribution in [3.63, 3.8) is 0 Å². The summed E-state index contributed by atoms with van der Waals surface area (Å²) in [6, 6.07) is 7.81. The van der Waals surface area contributed by atoms with E-state index >= 15 is 0 Å². The van der Waals surface area contributed by atoms with Crippen LogP contribution in [0.5, 0.6) is 0 Å². The zero-order valence-electron chi connectivity index (χ0n) is 8.37. The summed E-state index contributed by atoms with van der Waals surface area (Å²) >= 11 is 5.95. The summed E-state index contributed by atoms with van der Waals surface area (Å²) in [5.74, 6) is 0.889. The third kappa shape index (κ3) is 2.19. The van der Waals surface area contributed by atoms with E-state index in [-0.39, 0.29) is 6.04 Å². The van der Waals surface area contributed by atoms with Gasteiger partial charge in [0.15, 0.2) is 0 Å². The minimum Gasteiger partial charge on any atom is -0.347 e. The van der Waals surface area contributed by atoms with Gasteiger partial charge in [-0.3, -0.25) is 0 Å². The highest BCUT2D eigenvalue weighted by atomic mass is 35.5. The van der Waals surface area contributed by atoms with Crippen molar-refractivity contribution < 1.29 is 0 Å². The fraction of sp³-hybridized carbons (Fsp3) is 0.182. The van der Waals surface area contributed by atoms with Crippen LogP contribution in [0, 0.1) is 0 Å². The number of H-pyrrole nitrogens is 1. The second kappa shape index (κ2) is 4.47. The minimum atomic E-state index is 0.0544. The van der Waals surface area contributed by atoms with Crippen molar-refractivity contribution >= 4 is 11.6 Å². The van der Waals surface area contributed by atoms with Crippen LogP contribution in [0.4, 0.5) is 0 Å². The average Bonchev–Trinajstić information content (AvgIpc) is 2.72. The highest BCUT2D eigenvalue weighted by Gasteiger charge is 2.13. The van der Waals surface area contributed by atoms with Crippen LogP contribution in [0.25, 0.3) is 0 Å². The Hall–Kier alpha value is -1.32. The number of rotatable bonds is 3. The molecule has 0 saturated heterocycles. The lowest BCUT2D eigenvalue weighted by molar-refractivity contribution is 0.655. The van der Waals surface area contributed by atoms with Crippen LogP contribution in [0.15, 0.2) is 36.7 Å². The van der Waals surface area contributed by atoms with Gasteiger partial charge < -0.3 is 10.3 Å². The lowest BCUT2D eigenvalue weighted by atomic mass is 10.1. The normalized spacial score (nSPS) is 12.7. The molecule has 0 aliphatic carbocycles. The van der Waals surface area contributed by atoms with Gasteiger partial charge in [-0.05, 0) is 24.7 Å². The van der Waals surface area contributed by atoms with E-state index in [2.05, 4.69) is 15.3 Å². The van der Waals surface area contributed by atoms with Gasteiger partial charge in [-0.2, -0.15) is 0 Å². The topological polar surface area (TPSA) is 40.7 Å². The van der Waals surface area contributed by atoms with E-state index < -0.39 is 0 Å². The molecule has 78 valence electrons. The summed E-state index contributed by atoms with van der Waals surface area (Å²) in [5.41, 5.74) is 1.10. The SMILES string of the molecule is CNC(c1cccc(Cl)c1)c1ncc[nH]1. The summed E-state index contributed by atoms with van der Waals surface area (Å²) in [7, 11) is 1.90. The molecule has 0 aliphatic rings. The molecule has 2 aromatic rings. The Morgan fingerprint density at radius 3 is 2.93 bits per heavy atom. The van der Waals surface area contributed by atoms with E-state index in [4.69, 9.17) is 11.6 Å². The van der Waals surface area contributed by atoms with Gasteiger partial charge in [-0.25, -0.2) is 4.98 Å². The smallest absolute Gasteiger partial charge is 0.127 e. The molecule has 2 rings (SSSR count). The third-order valence-electron chi connectivity index (χ3n) is 2.26. The third-order valence-corrected chi connectivity index (χ3v) is 2.50. The van der Waals surface area contributed by atoms with Crippen LogP contribution in [0.3, 0.4) is 0 Å². The molecule has 0 bridgehead atoms. The molecule has 0 fully saturated rings. The van der Waals surface area contributed by atoms with Gasteiger partial charge in [0.25, 0.3) is 0 Å². The van der Waals surface area contributed by atoms with Gasteiger partial charge >= 0.3 is 0 Å². The second-order valence-electron chi connectivity index (χ2n) is 3.25. The Morgan fingerprint density at radius 2 is 2.33 bits per heavy atom. The lowest BCUT2D eigenvalue weighted by Gasteiger charge is -2.14. The Morgan fingerprint density at radius 1 is 1.47 bits per heavy atom. The Balaban J connectivity index is 2.35. The molecule has 1 unspecified atom stereocenters. The molecule has 1 heterocycles.